The number of benzene rings is 3. The molecule has 1 unspecified atom stereocenters. The monoisotopic (exact) mass is 913 g/mol. The van der Waals surface area contributed by atoms with E-state index in [0.717, 1.165) is 22.4 Å². The van der Waals surface area contributed by atoms with Gasteiger partial charge in [-0.25, -0.2) is 19.6 Å². The summed E-state index contributed by atoms with van der Waals surface area (Å²) in [6.45, 7) is 11.5. The van der Waals surface area contributed by atoms with Gasteiger partial charge in [0, 0.05) is 24.2 Å². The van der Waals surface area contributed by atoms with E-state index in [-0.39, 0.29) is 12.1 Å². The van der Waals surface area contributed by atoms with Gasteiger partial charge in [0.05, 0.1) is 88.6 Å². The molecular weight excluding hydrogens is 854 g/mol. The first kappa shape index (κ1) is 49.6. The van der Waals surface area contributed by atoms with Gasteiger partial charge in [-0.05, 0) is 80.8 Å². The van der Waals surface area contributed by atoms with Gasteiger partial charge < -0.3 is 37.5 Å². The molecule has 6 aromatic rings. The number of nitriles is 1. The van der Waals surface area contributed by atoms with E-state index in [1.54, 1.807) is 13.2 Å². The number of nitrogens with zero attached hydrogens (tertiary/aromatic N) is 5. The molecule has 0 aliphatic rings. The minimum absolute atomic E-state index is 0.230. The highest BCUT2D eigenvalue weighted by atomic mass is 31.2. The Balaban J connectivity index is 0.969. The van der Waals surface area contributed by atoms with Crippen LogP contribution in [0, 0.1) is 11.3 Å². The molecule has 3 aromatic carbocycles. The first-order chi connectivity index (χ1) is 32.3. The van der Waals surface area contributed by atoms with Gasteiger partial charge in [0.25, 0.3) is 8.53 Å². The fourth-order valence-corrected chi connectivity index (χ4v) is 8.85. The molecule has 0 radical (unpaired) electrons. The SMILES string of the molecule is COc1ccc(C(OCCOCCOc2cccc(-c3cccc(-c4cccc(OCCOCCOP(OCCC#N)N(C(C)C)C(C)C)n4)n3)n2)(c2ccccc2)c2ccccc2)cc1. The summed E-state index contributed by atoms with van der Waals surface area (Å²) in [4.78, 5) is 14.3. The van der Waals surface area contributed by atoms with Crippen molar-refractivity contribution in [3.63, 3.8) is 0 Å². The Morgan fingerprint density at radius 3 is 1.47 bits per heavy atom. The molecule has 0 amide bonds. The Kier molecular flexibility index (Phi) is 19.8. The highest BCUT2D eigenvalue weighted by Crippen LogP contribution is 2.46. The fraction of sp³-hybridized carbons (Fsp3) is 0.346. The third-order valence-corrected chi connectivity index (χ3v) is 12.3. The Morgan fingerprint density at radius 1 is 0.515 bits per heavy atom. The summed E-state index contributed by atoms with van der Waals surface area (Å²) < 4.78 is 50.3. The maximum atomic E-state index is 8.94. The maximum absolute atomic E-state index is 8.94. The van der Waals surface area contributed by atoms with Gasteiger partial charge in [0.2, 0.25) is 11.8 Å². The predicted molar refractivity (Wildman–Crippen MR) is 256 cm³/mol. The lowest BCUT2D eigenvalue weighted by Crippen LogP contribution is -2.34. The largest absolute Gasteiger partial charge is 0.497 e. The van der Waals surface area contributed by atoms with Crippen molar-refractivity contribution in [3.05, 3.63) is 156 Å². The number of ether oxygens (including phenoxy) is 6. The van der Waals surface area contributed by atoms with Crippen LogP contribution in [0.15, 0.2) is 140 Å². The molecule has 0 aliphatic heterocycles. The smallest absolute Gasteiger partial charge is 0.259 e. The second-order valence-corrected chi connectivity index (χ2v) is 16.9. The first-order valence-electron chi connectivity index (χ1n) is 22.3. The van der Waals surface area contributed by atoms with Crippen LogP contribution in [0.5, 0.6) is 17.5 Å². The molecule has 6 rings (SSSR count). The number of aromatic nitrogens is 3. The number of pyridine rings is 3. The van der Waals surface area contributed by atoms with Crippen LogP contribution >= 0.6 is 8.53 Å². The molecule has 0 spiro atoms. The average molecular weight is 914 g/mol. The zero-order chi connectivity index (χ0) is 46.4. The van der Waals surface area contributed by atoms with Crippen molar-refractivity contribution in [2.45, 2.75) is 51.8 Å². The fourth-order valence-electron chi connectivity index (χ4n) is 7.27. The molecule has 0 saturated heterocycles. The van der Waals surface area contributed by atoms with Crippen molar-refractivity contribution in [1.82, 2.24) is 19.6 Å². The number of methoxy groups -OCH3 is 1. The number of rotatable bonds is 28. The molecule has 346 valence electrons. The zero-order valence-electron chi connectivity index (χ0n) is 38.5. The second kappa shape index (κ2) is 26.4. The summed E-state index contributed by atoms with van der Waals surface area (Å²) in [5.41, 5.74) is 4.82. The van der Waals surface area contributed by atoms with Crippen molar-refractivity contribution in [1.29, 1.82) is 5.26 Å². The van der Waals surface area contributed by atoms with E-state index in [1.807, 2.05) is 109 Å². The lowest BCUT2D eigenvalue weighted by molar-refractivity contribution is -0.0273. The van der Waals surface area contributed by atoms with E-state index >= 15 is 0 Å². The predicted octanol–water partition coefficient (Wildman–Crippen LogP) is 10.3. The third kappa shape index (κ3) is 14.1. The number of hydrogen-bond donors (Lipinski definition) is 0. The third-order valence-electron chi connectivity index (χ3n) is 10.2. The van der Waals surface area contributed by atoms with Crippen LogP contribution in [0.4, 0.5) is 0 Å². The molecule has 0 aliphatic carbocycles. The molecule has 0 saturated carbocycles. The quantitative estimate of drug-likeness (QED) is 0.0262. The van der Waals surface area contributed by atoms with Crippen molar-refractivity contribution < 1.29 is 37.5 Å². The molecule has 0 N–H and O–H groups in total. The van der Waals surface area contributed by atoms with Crippen LogP contribution in [0.25, 0.3) is 22.8 Å². The Labute approximate surface area is 390 Å². The minimum Gasteiger partial charge on any atom is -0.497 e. The van der Waals surface area contributed by atoms with Crippen molar-refractivity contribution >= 4 is 8.53 Å². The average Bonchev–Trinajstić information content (AvgIpc) is 3.35. The van der Waals surface area contributed by atoms with Crippen LogP contribution in [0.1, 0.15) is 50.8 Å². The summed E-state index contributed by atoms with van der Waals surface area (Å²) >= 11 is 0. The Morgan fingerprint density at radius 2 is 0.970 bits per heavy atom. The van der Waals surface area contributed by atoms with Crippen LogP contribution in [0.3, 0.4) is 0 Å². The molecule has 3 heterocycles. The Hall–Kier alpha value is -5.81. The molecule has 3 aromatic heterocycles. The lowest BCUT2D eigenvalue weighted by atomic mass is 9.80. The first-order valence-corrected chi connectivity index (χ1v) is 23.4. The normalized spacial score (nSPS) is 12.0. The van der Waals surface area contributed by atoms with Gasteiger partial charge in [0.15, 0.2) is 0 Å². The topological polar surface area (TPSA) is 140 Å². The van der Waals surface area contributed by atoms with Crippen LogP contribution in [0.2, 0.25) is 0 Å². The van der Waals surface area contributed by atoms with Crippen LogP contribution in [-0.2, 0) is 28.9 Å². The van der Waals surface area contributed by atoms with Crippen molar-refractivity contribution in [2.75, 3.05) is 66.6 Å². The van der Waals surface area contributed by atoms with E-state index in [1.165, 1.54) is 0 Å². The summed E-state index contributed by atoms with van der Waals surface area (Å²) in [6.07, 6.45) is 0.314. The standard InChI is InChI=1S/C52H60N5O8P/c1-40(2)57(41(3)4)66(64-31-15-30-53)65-39-35-60-33-37-62-51-25-14-23-49(56-51)47-21-12-20-46(54-47)48-22-13-24-50(55-48)61-36-32-59-34-38-63-52(42-16-8-6-9-17-42,43-18-10-7-11-19-43)44-26-28-45(58-5)29-27-44/h6-14,16-29,40-41H,15,31-39H2,1-5H3. The van der Waals surface area contributed by atoms with E-state index in [2.05, 4.69) is 62.7 Å². The molecule has 0 bridgehead atoms. The number of hydrogen-bond acceptors (Lipinski definition) is 13. The van der Waals surface area contributed by atoms with Gasteiger partial charge in [-0.2, -0.15) is 5.26 Å². The van der Waals surface area contributed by atoms with Crippen LogP contribution < -0.4 is 14.2 Å². The Bertz CT molecular complexity index is 2320. The molecule has 66 heavy (non-hydrogen) atoms. The summed E-state index contributed by atoms with van der Waals surface area (Å²) in [5.74, 6) is 1.70. The zero-order valence-corrected chi connectivity index (χ0v) is 39.3. The highest BCUT2D eigenvalue weighted by molar-refractivity contribution is 7.44. The summed E-state index contributed by atoms with van der Waals surface area (Å²) in [7, 11) is 0.351. The van der Waals surface area contributed by atoms with Gasteiger partial charge >= 0.3 is 0 Å². The molecule has 13 nitrogen and oxygen atoms in total. The molecule has 1 atom stereocenters. The van der Waals surface area contributed by atoms with Crippen LogP contribution in [-0.4, -0.2) is 98.3 Å². The summed E-state index contributed by atoms with van der Waals surface area (Å²) in [5, 5.41) is 8.94. The van der Waals surface area contributed by atoms with E-state index in [4.69, 9.17) is 57.7 Å². The van der Waals surface area contributed by atoms with E-state index < -0.39 is 14.1 Å². The lowest BCUT2D eigenvalue weighted by Gasteiger charge is -2.36. The van der Waals surface area contributed by atoms with Gasteiger partial charge in [-0.3, -0.25) is 0 Å². The summed E-state index contributed by atoms with van der Waals surface area (Å²) in [6, 6.07) is 48.0. The van der Waals surface area contributed by atoms with Crippen molar-refractivity contribution in [3.8, 4) is 46.4 Å². The second-order valence-electron chi connectivity index (χ2n) is 15.4. The maximum Gasteiger partial charge on any atom is 0.259 e. The van der Waals surface area contributed by atoms with Gasteiger partial charge in [-0.15, -0.1) is 0 Å². The molecule has 0 fully saturated rings. The van der Waals surface area contributed by atoms with Gasteiger partial charge in [-0.1, -0.05) is 91.0 Å². The molecular formula is C52H60N5O8P. The van der Waals surface area contributed by atoms with E-state index in [0.29, 0.717) is 100 Å². The van der Waals surface area contributed by atoms with Gasteiger partial charge in [0.1, 0.15) is 24.6 Å². The van der Waals surface area contributed by atoms with E-state index in [9.17, 15) is 0 Å². The van der Waals surface area contributed by atoms with Crippen molar-refractivity contribution in [2.24, 2.45) is 0 Å². The minimum atomic E-state index is -1.31. The molecule has 14 heteroatoms. The highest BCUT2D eigenvalue weighted by Gasteiger charge is 2.37.